The first kappa shape index (κ1) is 16.3. The fourth-order valence-electron chi connectivity index (χ4n) is 2.16. The van der Waals surface area contributed by atoms with Crippen molar-refractivity contribution in [1.82, 2.24) is 4.98 Å². The molecule has 2 heterocycles. The highest BCUT2D eigenvalue weighted by atomic mass is 32.1. The van der Waals surface area contributed by atoms with E-state index in [-0.39, 0.29) is 18.3 Å². The van der Waals surface area contributed by atoms with Gasteiger partial charge in [-0.15, -0.1) is 11.3 Å². The maximum absolute atomic E-state index is 12.1. The summed E-state index contributed by atoms with van der Waals surface area (Å²) < 4.78 is 11.3. The molecule has 0 saturated heterocycles. The second-order valence-corrected chi connectivity index (χ2v) is 6.16. The topological polar surface area (TPSA) is 64.4 Å². The number of carbonyl (C=O) groups is 1. The molecule has 0 radical (unpaired) electrons. The summed E-state index contributed by atoms with van der Waals surface area (Å²) in [5, 5.41) is 5.15. The highest BCUT2D eigenvalue weighted by Crippen LogP contribution is 2.19. The smallest absolute Gasteiger partial charge is 0.293 e. The van der Waals surface area contributed by atoms with Crippen molar-refractivity contribution in [1.29, 1.82) is 0 Å². The van der Waals surface area contributed by atoms with Crippen molar-refractivity contribution in [2.45, 2.75) is 26.9 Å². The van der Waals surface area contributed by atoms with E-state index in [1.54, 1.807) is 12.1 Å². The fraction of sp³-hybridized carbons (Fsp3) is 0.222. The number of carbonyl (C=O) groups excluding carboxylic acids is 1. The number of hydrogen-bond acceptors (Lipinski definition) is 5. The van der Waals surface area contributed by atoms with Crippen LogP contribution in [0.25, 0.3) is 0 Å². The van der Waals surface area contributed by atoms with E-state index < -0.39 is 0 Å². The number of amides is 1. The standard InChI is InChI=1S/C18H18N2O3S/c1-3-13-5-4-6-14(9-13)22-10-15-7-8-16(23-15)17(21)20-18-19-12(2)11-24-18/h4-9,11H,3,10H2,1-2H3,(H,19,20,21). The van der Waals surface area contributed by atoms with E-state index in [9.17, 15) is 4.79 Å². The monoisotopic (exact) mass is 342 g/mol. The summed E-state index contributed by atoms with van der Waals surface area (Å²) in [7, 11) is 0. The Morgan fingerprint density at radius 1 is 1.33 bits per heavy atom. The third-order valence-corrected chi connectivity index (χ3v) is 4.29. The summed E-state index contributed by atoms with van der Waals surface area (Å²) in [6, 6.07) is 11.3. The number of anilines is 1. The lowest BCUT2D eigenvalue weighted by atomic mass is 10.2. The number of furan rings is 1. The minimum Gasteiger partial charge on any atom is -0.486 e. The number of aromatic nitrogens is 1. The van der Waals surface area contributed by atoms with Crippen molar-refractivity contribution in [2.75, 3.05) is 5.32 Å². The highest BCUT2D eigenvalue weighted by molar-refractivity contribution is 7.13. The van der Waals surface area contributed by atoms with E-state index in [0.29, 0.717) is 10.9 Å². The molecule has 24 heavy (non-hydrogen) atoms. The number of nitrogens with zero attached hydrogens (tertiary/aromatic N) is 1. The molecule has 0 saturated carbocycles. The maximum Gasteiger partial charge on any atom is 0.293 e. The fourth-order valence-corrected chi connectivity index (χ4v) is 2.84. The van der Waals surface area contributed by atoms with E-state index in [0.717, 1.165) is 17.9 Å². The van der Waals surface area contributed by atoms with Gasteiger partial charge >= 0.3 is 0 Å². The van der Waals surface area contributed by atoms with Gasteiger partial charge in [0.15, 0.2) is 10.9 Å². The van der Waals surface area contributed by atoms with Gasteiger partial charge in [0.05, 0.1) is 5.69 Å². The number of aryl methyl sites for hydroxylation is 2. The molecular formula is C18H18N2O3S. The second kappa shape index (κ2) is 7.31. The van der Waals surface area contributed by atoms with Gasteiger partial charge in [0.2, 0.25) is 0 Å². The van der Waals surface area contributed by atoms with E-state index >= 15 is 0 Å². The van der Waals surface area contributed by atoms with Crippen molar-refractivity contribution in [3.05, 3.63) is 64.6 Å². The summed E-state index contributed by atoms with van der Waals surface area (Å²) >= 11 is 1.38. The van der Waals surface area contributed by atoms with Crippen LogP contribution in [0.1, 0.15) is 34.5 Å². The van der Waals surface area contributed by atoms with Crippen LogP contribution in [0, 0.1) is 6.92 Å². The molecule has 6 heteroatoms. The Kier molecular flexibility index (Phi) is 4.96. The molecule has 3 rings (SSSR count). The number of hydrogen-bond donors (Lipinski definition) is 1. The summed E-state index contributed by atoms with van der Waals surface area (Å²) in [6.07, 6.45) is 0.957. The van der Waals surface area contributed by atoms with Crippen molar-refractivity contribution < 1.29 is 13.9 Å². The van der Waals surface area contributed by atoms with Crippen LogP contribution < -0.4 is 10.1 Å². The molecule has 0 fully saturated rings. The number of nitrogens with one attached hydrogen (secondary N) is 1. The molecule has 2 aromatic heterocycles. The molecule has 0 aliphatic rings. The zero-order chi connectivity index (χ0) is 16.9. The Morgan fingerprint density at radius 3 is 2.96 bits per heavy atom. The summed E-state index contributed by atoms with van der Waals surface area (Å²) in [5.74, 6) is 1.31. The van der Waals surface area contributed by atoms with Gasteiger partial charge in [0, 0.05) is 5.38 Å². The Labute approximate surface area is 144 Å². The molecule has 5 nitrogen and oxygen atoms in total. The molecule has 0 atom stereocenters. The van der Waals surface area contributed by atoms with Crippen LogP contribution in [0.4, 0.5) is 5.13 Å². The van der Waals surface area contributed by atoms with Gasteiger partial charge < -0.3 is 9.15 Å². The van der Waals surface area contributed by atoms with Crippen LogP contribution in [0.15, 0.2) is 46.2 Å². The van der Waals surface area contributed by atoms with Crippen molar-refractivity contribution in [3.8, 4) is 5.75 Å². The van der Waals surface area contributed by atoms with Crippen molar-refractivity contribution in [2.24, 2.45) is 0 Å². The van der Waals surface area contributed by atoms with Gasteiger partial charge in [-0.3, -0.25) is 10.1 Å². The highest BCUT2D eigenvalue weighted by Gasteiger charge is 2.13. The Bertz CT molecular complexity index is 838. The lowest BCUT2D eigenvalue weighted by molar-refractivity contribution is 0.0992. The lowest BCUT2D eigenvalue weighted by Gasteiger charge is -2.05. The van der Waals surface area contributed by atoms with Crippen LogP contribution >= 0.6 is 11.3 Å². The van der Waals surface area contributed by atoms with Crippen LogP contribution in [0.3, 0.4) is 0 Å². The van der Waals surface area contributed by atoms with Crippen LogP contribution in [-0.2, 0) is 13.0 Å². The third kappa shape index (κ3) is 4.02. The second-order valence-electron chi connectivity index (χ2n) is 5.30. The van der Waals surface area contributed by atoms with Gasteiger partial charge in [-0.05, 0) is 43.2 Å². The van der Waals surface area contributed by atoms with E-state index in [1.807, 2.05) is 30.5 Å². The average Bonchev–Trinajstić information content (AvgIpc) is 3.22. The minimum absolute atomic E-state index is 0.240. The summed E-state index contributed by atoms with van der Waals surface area (Å²) in [4.78, 5) is 16.3. The Morgan fingerprint density at radius 2 is 2.21 bits per heavy atom. The first-order chi connectivity index (χ1) is 11.6. The SMILES string of the molecule is CCc1cccc(OCc2ccc(C(=O)Nc3nc(C)cs3)o2)c1. The number of benzene rings is 1. The van der Waals surface area contributed by atoms with Gasteiger partial charge in [0.25, 0.3) is 5.91 Å². The average molecular weight is 342 g/mol. The van der Waals surface area contributed by atoms with Gasteiger partial charge in [-0.1, -0.05) is 19.1 Å². The number of rotatable bonds is 6. The first-order valence-corrected chi connectivity index (χ1v) is 8.56. The van der Waals surface area contributed by atoms with Crippen molar-refractivity contribution in [3.63, 3.8) is 0 Å². The Hall–Kier alpha value is -2.60. The zero-order valence-corrected chi connectivity index (χ0v) is 14.4. The minimum atomic E-state index is -0.316. The molecular weight excluding hydrogens is 324 g/mol. The summed E-state index contributed by atoms with van der Waals surface area (Å²) in [6.45, 7) is 4.25. The van der Waals surface area contributed by atoms with Crippen LogP contribution in [0.5, 0.6) is 5.75 Å². The molecule has 0 unspecified atom stereocenters. The maximum atomic E-state index is 12.1. The molecule has 0 aliphatic heterocycles. The normalized spacial score (nSPS) is 10.6. The quantitative estimate of drug-likeness (QED) is 0.719. The zero-order valence-electron chi connectivity index (χ0n) is 13.5. The molecule has 1 aromatic carbocycles. The molecule has 1 amide bonds. The van der Waals surface area contributed by atoms with E-state index in [1.165, 1.54) is 16.9 Å². The first-order valence-electron chi connectivity index (χ1n) is 7.68. The van der Waals surface area contributed by atoms with Crippen molar-refractivity contribution >= 4 is 22.4 Å². The van der Waals surface area contributed by atoms with Gasteiger partial charge in [-0.2, -0.15) is 0 Å². The summed E-state index contributed by atoms with van der Waals surface area (Å²) in [5.41, 5.74) is 2.09. The molecule has 0 bridgehead atoms. The molecule has 0 spiro atoms. The predicted molar refractivity (Wildman–Crippen MR) is 93.7 cm³/mol. The Balaban J connectivity index is 1.59. The molecule has 1 N–H and O–H groups in total. The van der Waals surface area contributed by atoms with E-state index in [2.05, 4.69) is 23.3 Å². The van der Waals surface area contributed by atoms with Gasteiger partial charge in [-0.25, -0.2) is 4.98 Å². The predicted octanol–water partition coefficient (Wildman–Crippen LogP) is 4.44. The molecule has 124 valence electrons. The van der Waals surface area contributed by atoms with E-state index in [4.69, 9.17) is 9.15 Å². The lowest BCUT2D eigenvalue weighted by Crippen LogP contribution is -2.10. The number of thiazole rings is 1. The van der Waals surface area contributed by atoms with Gasteiger partial charge in [0.1, 0.15) is 18.1 Å². The number of ether oxygens (including phenoxy) is 1. The third-order valence-electron chi connectivity index (χ3n) is 3.41. The molecule has 3 aromatic rings. The van der Waals surface area contributed by atoms with Crippen LogP contribution in [0.2, 0.25) is 0 Å². The largest absolute Gasteiger partial charge is 0.486 e. The molecule has 0 aliphatic carbocycles. The van der Waals surface area contributed by atoms with Crippen LogP contribution in [-0.4, -0.2) is 10.9 Å².